The highest BCUT2D eigenvalue weighted by molar-refractivity contribution is 5.95. The van der Waals surface area contributed by atoms with Gasteiger partial charge in [0.15, 0.2) is 0 Å². The van der Waals surface area contributed by atoms with Crippen LogP contribution >= 0.6 is 0 Å². The SMILES string of the molecule is COc1cc(OC)cc(C(=O)N2CCCCC2c2nc(-c3ccccc3)no2)c1. The van der Waals surface area contributed by atoms with E-state index in [0.29, 0.717) is 35.3 Å². The van der Waals surface area contributed by atoms with Crippen molar-refractivity contribution in [3.63, 3.8) is 0 Å². The number of carbonyl (C=O) groups excluding carboxylic acids is 1. The Morgan fingerprint density at radius 1 is 1.07 bits per heavy atom. The van der Waals surface area contributed by atoms with Crippen LogP contribution in [0, 0.1) is 0 Å². The fourth-order valence-corrected chi connectivity index (χ4v) is 3.60. The number of benzene rings is 2. The number of rotatable bonds is 5. The van der Waals surface area contributed by atoms with Gasteiger partial charge in [-0.05, 0) is 31.4 Å². The highest BCUT2D eigenvalue weighted by Crippen LogP contribution is 2.33. The third-order valence-electron chi connectivity index (χ3n) is 5.12. The molecule has 3 aromatic rings. The van der Waals surface area contributed by atoms with Crippen LogP contribution in [0.4, 0.5) is 0 Å². The van der Waals surface area contributed by atoms with Crippen molar-refractivity contribution in [2.75, 3.05) is 20.8 Å². The van der Waals surface area contributed by atoms with Crippen molar-refractivity contribution in [3.8, 4) is 22.9 Å². The molecular weight excluding hydrogens is 370 g/mol. The van der Waals surface area contributed by atoms with Crippen molar-refractivity contribution in [1.29, 1.82) is 0 Å². The van der Waals surface area contributed by atoms with E-state index in [1.165, 1.54) is 0 Å². The van der Waals surface area contributed by atoms with Gasteiger partial charge in [0.25, 0.3) is 5.91 Å². The lowest BCUT2D eigenvalue weighted by atomic mass is 10.0. The minimum atomic E-state index is -0.251. The third-order valence-corrected chi connectivity index (χ3v) is 5.12. The molecule has 1 aliphatic rings. The summed E-state index contributed by atoms with van der Waals surface area (Å²) in [5, 5.41) is 4.12. The zero-order valence-corrected chi connectivity index (χ0v) is 16.5. The van der Waals surface area contributed by atoms with Gasteiger partial charge < -0.3 is 18.9 Å². The zero-order chi connectivity index (χ0) is 20.2. The molecular formula is C22H23N3O4. The normalized spacial score (nSPS) is 16.5. The van der Waals surface area contributed by atoms with Crippen LogP contribution in [0.3, 0.4) is 0 Å². The monoisotopic (exact) mass is 393 g/mol. The van der Waals surface area contributed by atoms with Crippen molar-refractivity contribution < 1.29 is 18.8 Å². The number of likely N-dealkylation sites (tertiary alicyclic amines) is 1. The van der Waals surface area contributed by atoms with Crippen LogP contribution in [0.1, 0.15) is 41.6 Å². The summed E-state index contributed by atoms with van der Waals surface area (Å²) in [4.78, 5) is 19.7. The fourth-order valence-electron chi connectivity index (χ4n) is 3.60. The van der Waals surface area contributed by atoms with Crippen molar-refractivity contribution in [3.05, 3.63) is 60.0 Å². The van der Waals surface area contributed by atoms with Crippen LogP contribution in [0.2, 0.25) is 0 Å². The van der Waals surface area contributed by atoms with Crippen molar-refractivity contribution in [2.24, 2.45) is 0 Å². The Kier molecular flexibility index (Phi) is 5.46. The predicted octanol–water partition coefficient (Wildman–Crippen LogP) is 4.12. The molecule has 0 bridgehead atoms. The van der Waals surface area contributed by atoms with Gasteiger partial charge in [-0.2, -0.15) is 4.98 Å². The average Bonchev–Trinajstić information content (AvgIpc) is 3.29. The van der Waals surface area contributed by atoms with E-state index in [1.807, 2.05) is 30.3 Å². The Balaban J connectivity index is 1.63. The summed E-state index contributed by atoms with van der Waals surface area (Å²) in [6.45, 7) is 0.631. The van der Waals surface area contributed by atoms with Crippen molar-refractivity contribution in [2.45, 2.75) is 25.3 Å². The predicted molar refractivity (Wildman–Crippen MR) is 107 cm³/mol. The second-order valence-corrected chi connectivity index (χ2v) is 6.93. The smallest absolute Gasteiger partial charge is 0.254 e. The van der Waals surface area contributed by atoms with E-state index < -0.39 is 0 Å². The van der Waals surface area contributed by atoms with E-state index in [9.17, 15) is 4.79 Å². The molecule has 0 aliphatic carbocycles. The molecule has 1 atom stereocenters. The molecule has 7 nitrogen and oxygen atoms in total. The van der Waals surface area contributed by atoms with E-state index in [2.05, 4.69) is 10.1 Å². The van der Waals surface area contributed by atoms with Gasteiger partial charge in [-0.1, -0.05) is 35.5 Å². The molecule has 29 heavy (non-hydrogen) atoms. The molecule has 0 radical (unpaired) electrons. The molecule has 1 amide bonds. The van der Waals surface area contributed by atoms with Gasteiger partial charge >= 0.3 is 0 Å². The largest absolute Gasteiger partial charge is 0.497 e. The Morgan fingerprint density at radius 2 is 1.79 bits per heavy atom. The second kappa shape index (κ2) is 8.34. The third kappa shape index (κ3) is 3.94. The number of piperidine rings is 1. The standard InChI is InChI=1S/C22H23N3O4/c1-27-17-12-16(13-18(14-17)28-2)22(26)25-11-7-6-10-19(25)21-23-20(24-29-21)15-8-4-3-5-9-15/h3-5,8-9,12-14,19H,6-7,10-11H2,1-2H3. The van der Waals surface area contributed by atoms with E-state index in [-0.39, 0.29) is 11.9 Å². The molecule has 4 rings (SSSR count). The van der Waals surface area contributed by atoms with Gasteiger partial charge in [0.2, 0.25) is 11.7 Å². The molecule has 2 aromatic carbocycles. The van der Waals surface area contributed by atoms with E-state index in [4.69, 9.17) is 14.0 Å². The Bertz CT molecular complexity index is 964. The number of nitrogens with zero attached hydrogens (tertiary/aromatic N) is 3. The highest BCUT2D eigenvalue weighted by atomic mass is 16.5. The first kappa shape index (κ1) is 19.0. The molecule has 0 spiro atoms. The minimum Gasteiger partial charge on any atom is -0.497 e. The maximum Gasteiger partial charge on any atom is 0.254 e. The summed E-state index contributed by atoms with van der Waals surface area (Å²) in [5.41, 5.74) is 1.39. The molecule has 0 N–H and O–H groups in total. The molecule has 1 aliphatic heterocycles. The molecule has 0 saturated carbocycles. The van der Waals surface area contributed by atoms with Gasteiger partial charge in [-0.3, -0.25) is 4.79 Å². The number of amides is 1. The van der Waals surface area contributed by atoms with Crippen LogP contribution in [0.25, 0.3) is 11.4 Å². The maximum atomic E-state index is 13.3. The van der Waals surface area contributed by atoms with Gasteiger partial charge in [0, 0.05) is 23.7 Å². The number of hydrogen-bond acceptors (Lipinski definition) is 6. The van der Waals surface area contributed by atoms with Gasteiger partial charge in [0.1, 0.15) is 17.5 Å². The first-order valence-corrected chi connectivity index (χ1v) is 9.62. The minimum absolute atomic E-state index is 0.105. The van der Waals surface area contributed by atoms with E-state index in [0.717, 1.165) is 24.8 Å². The van der Waals surface area contributed by atoms with Crippen LogP contribution in [0.15, 0.2) is 53.1 Å². The summed E-state index contributed by atoms with van der Waals surface area (Å²) in [7, 11) is 3.13. The summed E-state index contributed by atoms with van der Waals surface area (Å²) in [6.07, 6.45) is 2.71. The molecule has 1 unspecified atom stereocenters. The first-order chi connectivity index (χ1) is 14.2. The summed E-state index contributed by atoms with van der Waals surface area (Å²) in [6, 6.07) is 14.6. The van der Waals surface area contributed by atoms with E-state index >= 15 is 0 Å². The Morgan fingerprint density at radius 3 is 2.48 bits per heavy atom. The average molecular weight is 393 g/mol. The van der Waals surface area contributed by atoms with Crippen LogP contribution < -0.4 is 9.47 Å². The summed E-state index contributed by atoms with van der Waals surface area (Å²) < 4.78 is 16.2. The van der Waals surface area contributed by atoms with Gasteiger partial charge in [0.05, 0.1) is 14.2 Å². The van der Waals surface area contributed by atoms with E-state index in [1.54, 1.807) is 37.3 Å². The Labute approximate surface area is 169 Å². The van der Waals surface area contributed by atoms with Crippen molar-refractivity contribution in [1.82, 2.24) is 15.0 Å². The fraction of sp³-hybridized carbons (Fsp3) is 0.318. The lowest BCUT2D eigenvalue weighted by molar-refractivity contribution is 0.0560. The van der Waals surface area contributed by atoms with Crippen molar-refractivity contribution >= 4 is 5.91 Å². The lowest BCUT2D eigenvalue weighted by Gasteiger charge is -2.33. The summed E-state index contributed by atoms with van der Waals surface area (Å²) >= 11 is 0. The van der Waals surface area contributed by atoms with Crippen LogP contribution in [-0.4, -0.2) is 41.7 Å². The quantitative estimate of drug-likeness (QED) is 0.649. The van der Waals surface area contributed by atoms with Crippen LogP contribution in [-0.2, 0) is 0 Å². The zero-order valence-electron chi connectivity index (χ0n) is 16.5. The number of carbonyl (C=O) groups is 1. The summed E-state index contributed by atoms with van der Waals surface area (Å²) in [5.74, 6) is 2.04. The molecule has 1 saturated heterocycles. The molecule has 1 fully saturated rings. The van der Waals surface area contributed by atoms with Gasteiger partial charge in [-0.15, -0.1) is 0 Å². The second-order valence-electron chi connectivity index (χ2n) is 6.93. The Hall–Kier alpha value is -3.35. The number of hydrogen-bond donors (Lipinski definition) is 0. The molecule has 2 heterocycles. The van der Waals surface area contributed by atoms with Crippen LogP contribution in [0.5, 0.6) is 11.5 Å². The molecule has 150 valence electrons. The number of methoxy groups -OCH3 is 2. The number of ether oxygens (including phenoxy) is 2. The molecule has 7 heteroatoms. The number of aromatic nitrogens is 2. The maximum absolute atomic E-state index is 13.3. The highest BCUT2D eigenvalue weighted by Gasteiger charge is 2.33. The first-order valence-electron chi connectivity index (χ1n) is 9.62. The van der Waals surface area contributed by atoms with Gasteiger partial charge in [-0.25, -0.2) is 0 Å². The lowest BCUT2D eigenvalue weighted by Crippen LogP contribution is -2.38. The molecule has 1 aromatic heterocycles. The topological polar surface area (TPSA) is 77.7 Å².